The molecule has 1 fully saturated rings. The van der Waals surface area contributed by atoms with Crippen LogP contribution in [0.25, 0.3) is 11.4 Å². The molecule has 1 unspecified atom stereocenters. The highest BCUT2D eigenvalue weighted by Gasteiger charge is 2.41. The van der Waals surface area contributed by atoms with Gasteiger partial charge >= 0.3 is 6.03 Å². The van der Waals surface area contributed by atoms with E-state index in [9.17, 15) is 9.59 Å². The van der Waals surface area contributed by atoms with Crippen LogP contribution in [0.3, 0.4) is 0 Å². The molecule has 0 radical (unpaired) electrons. The lowest BCUT2D eigenvalue weighted by Crippen LogP contribution is -2.50. The molecule has 2 aliphatic heterocycles. The second kappa shape index (κ2) is 6.29. The van der Waals surface area contributed by atoms with Crippen molar-refractivity contribution in [3.63, 3.8) is 0 Å². The highest BCUT2D eigenvalue weighted by molar-refractivity contribution is 6.03. The third-order valence-electron chi connectivity index (χ3n) is 4.85. The Bertz CT molecular complexity index is 865. The maximum absolute atomic E-state index is 12.9. The van der Waals surface area contributed by atoms with E-state index in [0.717, 1.165) is 24.7 Å². The van der Waals surface area contributed by atoms with Crippen LogP contribution in [-0.4, -0.2) is 53.5 Å². The summed E-state index contributed by atoms with van der Waals surface area (Å²) in [6, 6.07) is 7.12. The summed E-state index contributed by atoms with van der Waals surface area (Å²) in [5, 5.41) is 0. The van der Waals surface area contributed by atoms with Gasteiger partial charge in [0.25, 0.3) is 0 Å². The summed E-state index contributed by atoms with van der Waals surface area (Å²) in [6.07, 6.45) is 3.62. The van der Waals surface area contributed by atoms with Gasteiger partial charge in [-0.25, -0.2) is 14.8 Å². The second-order valence-electron chi connectivity index (χ2n) is 6.54. The standard InChI is InChI=1S/C18H20N6O2/c1-22-15(11-25)24(18(26)23-7-2-3-8-23)14-10-20-16(21-17(14)22)12-5-4-6-13(19)9-12/h4-6,9-11,15H,2-3,7-8,19H2,1H3. The number of nitrogens with two attached hydrogens (primary N) is 1. The summed E-state index contributed by atoms with van der Waals surface area (Å²) in [5.74, 6) is 1.06. The monoisotopic (exact) mass is 352 g/mol. The fourth-order valence-corrected chi connectivity index (χ4v) is 3.48. The van der Waals surface area contributed by atoms with Crippen molar-refractivity contribution in [2.45, 2.75) is 19.0 Å². The normalized spacial score (nSPS) is 19.0. The van der Waals surface area contributed by atoms with Crippen molar-refractivity contribution in [2.24, 2.45) is 0 Å². The molecule has 0 saturated carbocycles. The molecule has 2 aliphatic rings. The van der Waals surface area contributed by atoms with E-state index in [1.165, 1.54) is 4.90 Å². The lowest BCUT2D eigenvalue weighted by atomic mass is 10.2. The molecular formula is C18H20N6O2. The number of fused-ring (bicyclic) bond motifs is 1. The summed E-state index contributed by atoms with van der Waals surface area (Å²) in [4.78, 5) is 38.6. The van der Waals surface area contributed by atoms with Crippen LogP contribution in [0, 0.1) is 0 Å². The van der Waals surface area contributed by atoms with Crippen molar-refractivity contribution in [1.29, 1.82) is 0 Å². The first-order valence-corrected chi connectivity index (χ1v) is 8.59. The molecule has 134 valence electrons. The number of carbonyl (C=O) groups excluding carboxylic acids is 2. The van der Waals surface area contributed by atoms with Gasteiger partial charge in [-0.1, -0.05) is 12.1 Å². The molecule has 2 N–H and O–H groups in total. The molecule has 1 aromatic heterocycles. The van der Waals surface area contributed by atoms with Crippen LogP contribution in [0.4, 0.5) is 22.0 Å². The number of hydrogen-bond donors (Lipinski definition) is 1. The number of nitrogen functional groups attached to an aromatic ring is 1. The van der Waals surface area contributed by atoms with Gasteiger partial charge in [0.15, 0.2) is 24.1 Å². The Hall–Kier alpha value is -3.16. The van der Waals surface area contributed by atoms with Gasteiger partial charge in [0.2, 0.25) is 0 Å². The minimum atomic E-state index is -0.719. The number of likely N-dealkylation sites (tertiary alicyclic amines) is 1. The number of likely N-dealkylation sites (N-methyl/N-ethyl adjacent to an activating group) is 1. The quantitative estimate of drug-likeness (QED) is 0.653. The molecule has 2 aromatic rings. The zero-order valence-corrected chi connectivity index (χ0v) is 14.5. The third kappa shape index (κ3) is 2.54. The Morgan fingerprint density at radius 3 is 2.77 bits per heavy atom. The summed E-state index contributed by atoms with van der Waals surface area (Å²) in [5.41, 5.74) is 7.80. The molecule has 2 amide bonds. The Labute approximate surface area is 151 Å². The third-order valence-corrected chi connectivity index (χ3v) is 4.85. The molecule has 3 heterocycles. The lowest BCUT2D eigenvalue weighted by molar-refractivity contribution is -0.108. The van der Waals surface area contributed by atoms with Crippen molar-refractivity contribution in [3.05, 3.63) is 30.5 Å². The number of aromatic nitrogens is 2. The van der Waals surface area contributed by atoms with Gasteiger partial charge in [-0.2, -0.15) is 0 Å². The van der Waals surface area contributed by atoms with Gasteiger partial charge in [0.1, 0.15) is 5.69 Å². The van der Waals surface area contributed by atoms with Gasteiger partial charge in [-0.3, -0.25) is 9.69 Å². The molecule has 1 saturated heterocycles. The Kier molecular flexibility index (Phi) is 3.95. The fourth-order valence-electron chi connectivity index (χ4n) is 3.48. The molecule has 26 heavy (non-hydrogen) atoms. The van der Waals surface area contributed by atoms with Crippen LogP contribution in [0.2, 0.25) is 0 Å². The number of benzene rings is 1. The van der Waals surface area contributed by atoms with Crippen molar-refractivity contribution in [3.8, 4) is 11.4 Å². The predicted octanol–water partition coefficient (Wildman–Crippen LogP) is 1.72. The zero-order chi connectivity index (χ0) is 18.3. The molecule has 0 spiro atoms. The summed E-state index contributed by atoms with van der Waals surface area (Å²) < 4.78 is 0. The van der Waals surface area contributed by atoms with Gasteiger partial charge < -0.3 is 15.5 Å². The van der Waals surface area contributed by atoms with Gasteiger partial charge in [-0.05, 0) is 25.0 Å². The lowest BCUT2D eigenvalue weighted by Gasteiger charge is -2.28. The minimum Gasteiger partial charge on any atom is -0.399 e. The van der Waals surface area contributed by atoms with Crippen molar-refractivity contribution >= 4 is 29.5 Å². The molecule has 8 nitrogen and oxygen atoms in total. The Balaban J connectivity index is 1.74. The fraction of sp³-hybridized carbons (Fsp3) is 0.333. The number of rotatable bonds is 2. The summed E-state index contributed by atoms with van der Waals surface area (Å²) in [6.45, 7) is 1.42. The molecule has 0 aliphatic carbocycles. The Morgan fingerprint density at radius 1 is 1.31 bits per heavy atom. The molecular weight excluding hydrogens is 332 g/mol. The topological polar surface area (TPSA) is 95.7 Å². The van der Waals surface area contributed by atoms with E-state index in [0.29, 0.717) is 36.1 Å². The molecule has 4 rings (SSSR count). The van der Waals surface area contributed by atoms with E-state index in [1.807, 2.05) is 12.1 Å². The first-order chi connectivity index (χ1) is 12.6. The van der Waals surface area contributed by atoms with Crippen molar-refractivity contribution in [2.75, 3.05) is 35.7 Å². The van der Waals surface area contributed by atoms with Crippen LogP contribution in [0.5, 0.6) is 0 Å². The maximum Gasteiger partial charge on any atom is 0.326 e. The molecule has 8 heteroatoms. The SMILES string of the molecule is CN1c2nc(-c3cccc(N)c3)ncc2N(C(=O)N2CCCC2)C1C=O. The molecule has 1 aromatic carbocycles. The highest BCUT2D eigenvalue weighted by atomic mass is 16.2. The largest absolute Gasteiger partial charge is 0.399 e. The van der Waals surface area contributed by atoms with E-state index in [-0.39, 0.29) is 6.03 Å². The van der Waals surface area contributed by atoms with Gasteiger partial charge in [0.05, 0.1) is 6.20 Å². The zero-order valence-electron chi connectivity index (χ0n) is 14.5. The van der Waals surface area contributed by atoms with E-state index in [4.69, 9.17) is 5.73 Å². The van der Waals surface area contributed by atoms with Gasteiger partial charge in [0, 0.05) is 31.4 Å². The second-order valence-corrected chi connectivity index (χ2v) is 6.54. The minimum absolute atomic E-state index is 0.175. The van der Waals surface area contributed by atoms with Crippen LogP contribution in [0.15, 0.2) is 30.5 Å². The van der Waals surface area contributed by atoms with Crippen LogP contribution < -0.4 is 15.5 Å². The summed E-state index contributed by atoms with van der Waals surface area (Å²) >= 11 is 0. The number of hydrogen-bond acceptors (Lipinski definition) is 6. The predicted molar refractivity (Wildman–Crippen MR) is 98.8 cm³/mol. The number of anilines is 3. The number of amides is 2. The van der Waals surface area contributed by atoms with E-state index in [2.05, 4.69) is 9.97 Å². The van der Waals surface area contributed by atoms with Crippen molar-refractivity contribution < 1.29 is 9.59 Å². The van der Waals surface area contributed by atoms with Crippen LogP contribution in [-0.2, 0) is 4.79 Å². The molecule has 1 atom stereocenters. The summed E-state index contributed by atoms with van der Waals surface area (Å²) in [7, 11) is 1.76. The maximum atomic E-state index is 12.9. The molecule has 0 bridgehead atoms. The van der Waals surface area contributed by atoms with Crippen molar-refractivity contribution in [1.82, 2.24) is 14.9 Å². The van der Waals surface area contributed by atoms with Crippen LogP contribution >= 0.6 is 0 Å². The average Bonchev–Trinajstić information content (AvgIpc) is 3.28. The Morgan fingerprint density at radius 2 is 2.08 bits per heavy atom. The average molecular weight is 352 g/mol. The van der Waals surface area contributed by atoms with E-state index >= 15 is 0 Å². The van der Waals surface area contributed by atoms with E-state index in [1.54, 1.807) is 35.2 Å². The van der Waals surface area contributed by atoms with Crippen LogP contribution in [0.1, 0.15) is 12.8 Å². The smallest absolute Gasteiger partial charge is 0.326 e. The number of nitrogens with zero attached hydrogens (tertiary/aromatic N) is 5. The number of urea groups is 1. The van der Waals surface area contributed by atoms with Gasteiger partial charge in [-0.15, -0.1) is 0 Å². The van der Waals surface area contributed by atoms with E-state index < -0.39 is 6.17 Å². The number of aldehydes is 1. The number of carbonyl (C=O) groups is 2. The highest BCUT2D eigenvalue weighted by Crippen LogP contribution is 2.38. The first-order valence-electron chi connectivity index (χ1n) is 8.59. The first kappa shape index (κ1) is 16.3.